The van der Waals surface area contributed by atoms with Crippen LogP contribution >= 0.6 is 0 Å². The zero-order valence-electron chi connectivity index (χ0n) is 9.22. The zero-order chi connectivity index (χ0) is 12.6. The van der Waals surface area contributed by atoms with Crippen LogP contribution in [0.3, 0.4) is 0 Å². The number of rotatable bonds is 1. The summed E-state index contributed by atoms with van der Waals surface area (Å²) < 4.78 is 37.8. The van der Waals surface area contributed by atoms with Crippen molar-refractivity contribution < 1.29 is 13.2 Å². The Morgan fingerprint density at radius 2 is 1.76 bits per heavy atom. The van der Waals surface area contributed by atoms with E-state index in [4.69, 9.17) is 11.5 Å². The van der Waals surface area contributed by atoms with Gasteiger partial charge in [-0.25, -0.2) is 4.98 Å². The van der Waals surface area contributed by atoms with Gasteiger partial charge in [0.2, 0.25) is 0 Å². The number of nitrogens with two attached hydrogens (primary N) is 2. The molecule has 0 atom stereocenters. The molecule has 1 aliphatic rings. The number of alkyl halides is 3. The van der Waals surface area contributed by atoms with Crippen molar-refractivity contribution in [3.8, 4) is 0 Å². The highest BCUT2D eigenvalue weighted by atomic mass is 19.4. The van der Waals surface area contributed by atoms with Crippen LogP contribution in [0.4, 0.5) is 24.7 Å². The summed E-state index contributed by atoms with van der Waals surface area (Å²) in [7, 11) is 0. The van der Waals surface area contributed by atoms with E-state index in [1.54, 1.807) is 0 Å². The summed E-state index contributed by atoms with van der Waals surface area (Å²) in [6.07, 6.45) is -0.702. The molecule has 1 saturated carbocycles. The minimum absolute atomic E-state index is 0.0846. The van der Waals surface area contributed by atoms with Crippen LogP contribution in [0.5, 0.6) is 0 Å². The number of hydrogen-bond acceptors (Lipinski definition) is 3. The van der Waals surface area contributed by atoms with E-state index in [0.29, 0.717) is 5.56 Å². The summed E-state index contributed by atoms with van der Waals surface area (Å²) in [5.41, 5.74) is 10.9. The number of nitrogens with zero attached hydrogens (tertiary/aromatic N) is 1. The summed E-state index contributed by atoms with van der Waals surface area (Å²) in [5, 5.41) is 0. The summed E-state index contributed by atoms with van der Waals surface area (Å²) in [6.45, 7) is 0. The third-order valence-corrected chi connectivity index (χ3v) is 3.21. The van der Waals surface area contributed by atoms with Crippen LogP contribution in [0.25, 0.3) is 0 Å². The number of nitrogen functional groups attached to an aromatic ring is 2. The average Bonchev–Trinajstić information content (AvgIpc) is 2.73. The number of anilines is 2. The fourth-order valence-corrected chi connectivity index (χ4v) is 2.31. The van der Waals surface area contributed by atoms with Gasteiger partial charge in [0.15, 0.2) is 0 Å². The third-order valence-electron chi connectivity index (χ3n) is 3.21. The van der Waals surface area contributed by atoms with Crippen molar-refractivity contribution in [2.45, 2.75) is 37.8 Å². The Labute approximate surface area is 97.0 Å². The Morgan fingerprint density at radius 1 is 1.18 bits per heavy atom. The molecule has 0 aliphatic heterocycles. The van der Waals surface area contributed by atoms with Gasteiger partial charge in [-0.15, -0.1) is 0 Å². The largest absolute Gasteiger partial charge is 0.433 e. The molecule has 0 bridgehead atoms. The molecule has 0 saturated heterocycles. The van der Waals surface area contributed by atoms with Crippen LogP contribution in [-0.2, 0) is 6.18 Å². The van der Waals surface area contributed by atoms with Gasteiger partial charge >= 0.3 is 6.18 Å². The molecule has 1 aromatic heterocycles. The Hall–Kier alpha value is -1.46. The molecule has 1 heterocycles. The summed E-state index contributed by atoms with van der Waals surface area (Å²) in [6, 6.07) is 1.04. The van der Waals surface area contributed by atoms with E-state index >= 15 is 0 Å². The molecule has 0 unspecified atom stereocenters. The van der Waals surface area contributed by atoms with Gasteiger partial charge in [0, 0.05) is 0 Å². The Bertz CT molecular complexity index is 423. The molecule has 0 amide bonds. The van der Waals surface area contributed by atoms with Crippen LogP contribution in [0.2, 0.25) is 0 Å². The van der Waals surface area contributed by atoms with Crippen molar-refractivity contribution >= 4 is 11.5 Å². The SMILES string of the molecule is Nc1nc(C(F)(F)F)cc(C2CCCC2)c1N. The van der Waals surface area contributed by atoms with E-state index in [1.165, 1.54) is 0 Å². The summed E-state index contributed by atoms with van der Waals surface area (Å²) >= 11 is 0. The second-order valence-electron chi connectivity index (χ2n) is 4.37. The van der Waals surface area contributed by atoms with Crippen molar-refractivity contribution in [3.05, 3.63) is 17.3 Å². The lowest BCUT2D eigenvalue weighted by Crippen LogP contribution is -2.14. The molecule has 17 heavy (non-hydrogen) atoms. The van der Waals surface area contributed by atoms with Crippen molar-refractivity contribution in [1.82, 2.24) is 4.98 Å². The first kappa shape index (κ1) is 12.0. The van der Waals surface area contributed by atoms with Gasteiger partial charge in [0.25, 0.3) is 0 Å². The predicted molar refractivity (Wildman–Crippen MR) is 59.3 cm³/mol. The minimum Gasteiger partial charge on any atom is -0.396 e. The van der Waals surface area contributed by atoms with E-state index < -0.39 is 11.9 Å². The molecule has 0 radical (unpaired) electrons. The van der Waals surface area contributed by atoms with Crippen molar-refractivity contribution in [3.63, 3.8) is 0 Å². The molecule has 94 valence electrons. The van der Waals surface area contributed by atoms with E-state index in [2.05, 4.69) is 4.98 Å². The zero-order valence-corrected chi connectivity index (χ0v) is 9.22. The molecule has 1 aliphatic carbocycles. The van der Waals surface area contributed by atoms with Gasteiger partial charge in [-0.3, -0.25) is 0 Å². The maximum atomic E-state index is 12.6. The minimum atomic E-state index is -4.48. The monoisotopic (exact) mass is 245 g/mol. The second-order valence-corrected chi connectivity index (χ2v) is 4.37. The Balaban J connectivity index is 2.46. The summed E-state index contributed by atoms with van der Waals surface area (Å²) in [5.74, 6) is -0.136. The fraction of sp³-hybridized carbons (Fsp3) is 0.545. The lowest BCUT2D eigenvalue weighted by atomic mass is 9.96. The van der Waals surface area contributed by atoms with Crippen LogP contribution in [0, 0.1) is 0 Å². The van der Waals surface area contributed by atoms with E-state index in [0.717, 1.165) is 31.7 Å². The van der Waals surface area contributed by atoms with Gasteiger partial charge in [0.1, 0.15) is 11.5 Å². The smallest absolute Gasteiger partial charge is 0.396 e. The van der Waals surface area contributed by atoms with Crippen LogP contribution in [0.15, 0.2) is 6.07 Å². The first-order chi connectivity index (χ1) is 7.89. The van der Waals surface area contributed by atoms with Crippen LogP contribution in [0.1, 0.15) is 42.9 Å². The van der Waals surface area contributed by atoms with Crippen molar-refractivity contribution in [2.24, 2.45) is 0 Å². The summed E-state index contributed by atoms with van der Waals surface area (Å²) in [4.78, 5) is 3.30. The Kier molecular flexibility index (Phi) is 2.89. The number of halogens is 3. The maximum Gasteiger partial charge on any atom is 0.433 e. The van der Waals surface area contributed by atoms with Crippen molar-refractivity contribution in [2.75, 3.05) is 11.5 Å². The molecule has 1 fully saturated rings. The molecule has 0 spiro atoms. The van der Waals surface area contributed by atoms with E-state index in [-0.39, 0.29) is 17.4 Å². The highest BCUT2D eigenvalue weighted by molar-refractivity contribution is 5.65. The van der Waals surface area contributed by atoms with Crippen LogP contribution < -0.4 is 11.5 Å². The second kappa shape index (κ2) is 4.09. The topological polar surface area (TPSA) is 64.9 Å². The fourth-order valence-electron chi connectivity index (χ4n) is 2.31. The first-order valence-electron chi connectivity index (χ1n) is 5.52. The van der Waals surface area contributed by atoms with Gasteiger partial charge < -0.3 is 11.5 Å². The molecule has 3 nitrogen and oxygen atoms in total. The van der Waals surface area contributed by atoms with Gasteiger partial charge in [-0.1, -0.05) is 12.8 Å². The number of aromatic nitrogens is 1. The average molecular weight is 245 g/mol. The first-order valence-corrected chi connectivity index (χ1v) is 5.52. The predicted octanol–water partition coefficient (Wildman–Crippen LogP) is 2.92. The Morgan fingerprint density at radius 3 is 2.29 bits per heavy atom. The van der Waals surface area contributed by atoms with Crippen LogP contribution in [-0.4, -0.2) is 4.98 Å². The molecule has 1 aromatic rings. The molecule has 0 aromatic carbocycles. The molecular formula is C11H14F3N3. The van der Waals surface area contributed by atoms with Crippen molar-refractivity contribution in [1.29, 1.82) is 0 Å². The normalized spacial score (nSPS) is 17.6. The van der Waals surface area contributed by atoms with Gasteiger partial charge in [0.05, 0.1) is 5.69 Å². The molecular weight excluding hydrogens is 231 g/mol. The molecule has 4 N–H and O–H groups in total. The van der Waals surface area contributed by atoms with E-state index in [1.807, 2.05) is 0 Å². The standard InChI is InChI=1S/C11H14F3N3/c12-11(13,14)8-5-7(6-3-1-2-4-6)9(15)10(16)17-8/h5-6H,1-4,15H2,(H2,16,17). The highest BCUT2D eigenvalue weighted by Gasteiger charge is 2.35. The highest BCUT2D eigenvalue weighted by Crippen LogP contribution is 2.40. The number of hydrogen-bond donors (Lipinski definition) is 2. The molecule has 2 rings (SSSR count). The maximum absolute atomic E-state index is 12.6. The quantitative estimate of drug-likeness (QED) is 0.799. The molecule has 6 heteroatoms. The number of pyridine rings is 1. The van der Waals surface area contributed by atoms with E-state index in [9.17, 15) is 13.2 Å². The third kappa shape index (κ3) is 2.30. The van der Waals surface area contributed by atoms with Gasteiger partial charge in [-0.2, -0.15) is 13.2 Å². The lowest BCUT2D eigenvalue weighted by Gasteiger charge is -2.16. The lowest BCUT2D eigenvalue weighted by molar-refractivity contribution is -0.141. The van der Waals surface area contributed by atoms with Gasteiger partial charge in [-0.05, 0) is 30.4 Å².